The molecule has 2 aliphatic carbocycles. The first-order valence-corrected chi connectivity index (χ1v) is 4.73. The van der Waals surface area contributed by atoms with Crippen LogP contribution in [0.5, 0.6) is 0 Å². The quantitative estimate of drug-likeness (QED) is 0.649. The highest BCUT2D eigenvalue weighted by Crippen LogP contribution is 2.50. The standard InChI is InChI=1S/C9H15F2N/c10-9(11)4-3-7(12)5-8(9)6-1-2-6/h6-8H,1-5,12H2. The molecule has 0 aromatic rings. The van der Waals surface area contributed by atoms with Crippen molar-refractivity contribution in [2.24, 2.45) is 17.6 Å². The van der Waals surface area contributed by atoms with Crippen LogP contribution in [0, 0.1) is 11.8 Å². The molecule has 0 saturated heterocycles. The van der Waals surface area contributed by atoms with Gasteiger partial charge in [0.1, 0.15) is 0 Å². The van der Waals surface area contributed by atoms with Gasteiger partial charge in [0.2, 0.25) is 0 Å². The van der Waals surface area contributed by atoms with Crippen LogP contribution in [0.3, 0.4) is 0 Å². The van der Waals surface area contributed by atoms with E-state index in [0.717, 1.165) is 12.8 Å². The second-order valence-corrected chi connectivity index (χ2v) is 4.24. The SMILES string of the molecule is NC1CCC(F)(F)C(C2CC2)C1. The number of hydrogen-bond donors (Lipinski definition) is 1. The third-order valence-corrected chi connectivity index (χ3v) is 3.14. The van der Waals surface area contributed by atoms with Crippen LogP contribution in [0.25, 0.3) is 0 Å². The largest absolute Gasteiger partial charge is 0.328 e. The second-order valence-electron chi connectivity index (χ2n) is 4.24. The lowest BCUT2D eigenvalue weighted by molar-refractivity contribution is -0.0972. The predicted octanol–water partition coefficient (Wildman–Crippen LogP) is 2.16. The fourth-order valence-corrected chi connectivity index (χ4v) is 2.22. The molecule has 2 atom stereocenters. The van der Waals surface area contributed by atoms with Crippen LogP contribution in [0.4, 0.5) is 8.78 Å². The van der Waals surface area contributed by atoms with Crippen molar-refractivity contribution in [3.8, 4) is 0 Å². The predicted molar refractivity (Wildman–Crippen MR) is 43.0 cm³/mol. The summed E-state index contributed by atoms with van der Waals surface area (Å²) in [5, 5.41) is 0. The smallest absolute Gasteiger partial charge is 0.251 e. The van der Waals surface area contributed by atoms with Gasteiger partial charge in [0, 0.05) is 18.4 Å². The van der Waals surface area contributed by atoms with Crippen LogP contribution >= 0.6 is 0 Å². The van der Waals surface area contributed by atoms with Crippen LogP contribution in [0.2, 0.25) is 0 Å². The third-order valence-electron chi connectivity index (χ3n) is 3.14. The van der Waals surface area contributed by atoms with Crippen LogP contribution in [0.1, 0.15) is 32.1 Å². The maximum absolute atomic E-state index is 13.3. The molecule has 2 N–H and O–H groups in total. The summed E-state index contributed by atoms with van der Waals surface area (Å²) >= 11 is 0. The van der Waals surface area contributed by atoms with Crippen molar-refractivity contribution in [1.29, 1.82) is 0 Å². The molecule has 1 nitrogen and oxygen atoms in total. The van der Waals surface area contributed by atoms with Crippen LogP contribution in [-0.4, -0.2) is 12.0 Å². The van der Waals surface area contributed by atoms with Crippen molar-refractivity contribution in [3.05, 3.63) is 0 Å². The highest BCUT2D eigenvalue weighted by Gasteiger charge is 2.50. The molecular weight excluding hydrogens is 160 g/mol. The lowest BCUT2D eigenvalue weighted by Crippen LogP contribution is -2.41. The first-order chi connectivity index (χ1) is 5.59. The van der Waals surface area contributed by atoms with Gasteiger partial charge in [-0.05, 0) is 31.6 Å². The van der Waals surface area contributed by atoms with E-state index in [4.69, 9.17) is 5.73 Å². The molecule has 70 valence electrons. The van der Waals surface area contributed by atoms with Gasteiger partial charge in [-0.25, -0.2) is 8.78 Å². The van der Waals surface area contributed by atoms with E-state index in [9.17, 15) is 8.78 Å². The number of alkyl halides is 2. The first kappa shape index (κ1) is 8.42. The molecule has 2 aliphatic rings. The first-order valence-electron chi connectivity index (χ1n) is 4.73. The average Bonchev–Trinajstić information content (AvgIpc) is 2.77. The Labute approximate surface area is 71.3 Å². The normalized spacial score (nSPS) is 41.2. The van der Waals surface area contributed by atoms with Crippen molar-refractivity contribution in [1.82, 2.24) is 0 Å². The summed E-state index contributed by atoms with van der Waals surface area (Å²) < 4.78 is 26.6. The number of hydrogen-bond acceptors (Lipinski definition) is 1. The average molecular weight is 175 g/mol. The fraction of sp³-hybridized carbons (Fsp3) is 1.00. The molecular formula is C9H15F2N. The van der Waals surface area contributed by atoms with Crippen molar-refractivity contribution >= 4 is 0 Å². The van der Waals surface area contributed by atoms with E-state index in [1.807, 2.05) is 0 Å². The maximum Gasteiger partial charge on any atom is 0.251 e. The Hall–Kier alpha value is -0.180. The molecule has 3 heteroatoms. The minimum Gasteiger partial charge on any atom is -0.328 e. The van der Waals surface area contributed by atoms with Crippen LogP contribution in [0.15, 0.2) is 0 Å². The molecule has 0 aromatic heterocycles. The van der Waals surface area contributed by atoms with Crippen molar-refractivity contribution in [2.75, 3.05) is 0 Å². The van der Waals surface area contributed by atoms with Crippen LogP contribution < -0.4 is 5.73 Å². The molecule has 12 heavy (non-hydrogen) atoms. The monoisotopic (exact) mass is 175 g/mol. The highest BCUT2D eigenvalue weighted by atomic mass is 19.3. The van der Waals surface area contributed by atoms with Gasteiger partial charge in [-0.15, -0.1) is 0 Å². The zero-order valence-corrected chi connectivity index (χ0v) is 7.10. The zero-order chi connectivity index (χ0) is 8.77. The van der Waals surface area contributed by atoms with Crippen molar-refractivity contribution in [2.45, 2.75) is 44.1 Å². The minimum atomic E-state index is -2.42. The van der Waals surface area contributed by atoms with Gasteiger partial charge < -0.3 is 5.73 Å². The van der Waals surface area contributed by atoms with E-state index in [1.54, 1.807) is 0 Å². The number of nitrogens with two attached hydrogens (primary N) is 1. The molecule has 0 bridgehead atoms. The maximum atomic E-state index is 13.3. The van der Waals surface area contributed by atoms with Crippen LogP contribution in [-0.2, 0) is 0 Å². The van der Waals surface area contributed by atoms with E-state index < -0.39 is 11.8 Å². The third kappa shape index (κ3) is 1.47. The summed E-state index contributed by atoms with van der Waals surface area (Å²) in [6.45, 7) is 0. The lowest BCUT2D eigenvalue weighted by Gasteiger charge is -2.34. The molecule has 0 aliphatic heterocycles. The molecule has 2 saturated carbocycles. The van der Waals surface area contributed by atoms with Gasteiger partial charge in [-0.2, -0.15) is 0 Å². The van der Waals surface area contributed by atoms with Gasteiger partial charge in [0.25, 0.3) is 5.92 Å². The van der Waals surface area contributed by atoms with Gasteiger partial charge in [0.15, 0.2) is 0 Å². The molecule has 0 spiro atoms. The molecule has 0 radical (unpaired) electrons. The van der Waals surface area contributed by atoms with E-state index in [0.29, 0.717) is 12.8 Å². The summed E-state index contributed by atoms with van der Waals surface area (Å²) in [7, 11) is 0. The summed E-state index contributed by atoms with van der Waals surface area (Å²) in [5.74, 6) is -2.54. The molecule has 0 heterocycles. The van der Waals surface area contributed by atoms with Gasteiger partial charge in [0.05, 0.1) is 0 Å². The van der Waals surface area contributed by atoms with E-state index in [1.165, 1.54) is 0 Å². The second kappa shape index (κ2) is 2.66. The molecule has 0 amide bonds. The van der Waals surface area contributed by atoms with Crippen molar-refractivity contribution < 1.29 is 8.78 Å². The Kier molecular flexibility index (Phi) is 1.86. The summed E-state index contributed by atoms with van der Waals surface area (Å²) in [5.41, 5.74) is 5.68. The van der Waals surface area contributed by atoms with E-state index in [-0.39, 0.29) is 18.4 Å². The van der Waals surface area contributed by atoms with E-state index >= 15 is 0 Å². The summed E-state index contributed by atoms with van der Waals surface area (Å²) in [4.78, 5) is 0. The lowest BCUT2D eigenvalue weighted by atomic mass is 9.80. The Morgan fingerprint density at radius 3 is 2.42 bits per heavy atom. The van der Waals surface area contributed by atoms with Gasteiger partial charge in [-0.1, -0.05) is 0 Å². The topological polar surface area (TPSA) is 26.0 Å². The Balaban J connectivity index is 2.04. The molecule has 2 rings (SSSR count). The number of rotatable bonds is 1. The Bertz CT molecular complexity index is 177. The molecule has 2 fully saturated rings. The highest BCUT2D eigenvalue weighted by molar-refractivity contribution is 4.95. The zero-order valence-electron chi connectivity index (χ0n) is 7.10. The van der Waals surface area contributed by atoms with E-state index in [2.05, 4.69) is 0 Å². The Morgan fingerprint density at radius 2 is 1.83 bits per heavy atom. The Morgan fingerprint density at radius 1 is 1.17 bits per heavy atom. The van der Waals surface area contributed by atoms with Crippen molar-refractivity contribution in [3.63, 3.8) is 0 Å². The minimum absolute atomic E-state index is 0.00926. The van der Waals surface area contributed by atoms with Gasteiger partial charge in [-0.3, -0.25) is 0 Å². The fourth-order valence-electron chi connectivity index (χ4n) is 2.22. The van der Waals surface area contributed by atoms with Gasteiger partial charge >= 0.3 is 0 Å². The molecule has 2 unspecified atom stereocenters. The summed E-state index contributed by atoms with van der Waals surface area (Å²) in [6.07, 6.45) is 3.03. The molecule has 0 aromatic carbocycles. The number of halogens is 2. The summed E-state index contributed by atoms with van der Waals surface area (Å²) in [6, 6.07) is 0.0234.